The normalized spacial score (nSPS) is 10.4. The monoisotopic (exact) mass is 300 g/mol. The van der Waals surface area contributed by atoms with Crippen molar-refractivity contribution >= 4 is 33.2 Å². The van der Waals surface area contributed by atoms with E-state index < -0.39 is 11.8 Å². The van der Waals surface area contributed by atoms with E-state index in [1.54, 1.807) is 0 Å². The Bertz CT molecular complexity index is 551. The lowest BCUT2D eigenvalue weighted by Gasteiger charge is -2.04. The standard InChI is InChI=1S/C11H6BrFO2S/c12-9-3-4-16-10(9)7-2-1-6(13)5-8(7)11(14)15/h1-5H,(H,14,15). The summed E-state index contributed by atoms with van der Waals surface area (Å²) in [6, 6.07) is 5.60. The van der Waals surface area contributed by atoms with Crippen molar-refractivity contribution < 1.29 is 14.3 Å². The molecule has 0 fully saturated rings. The summed E-state index contributed by atoms with van der Waals surface area (Å²) in [5, 5.41) is 10.8. The van der Waals surface area contributed by atoms with E-state index in [1.807, 2.05) is 11.4 Å². The first-order chi connectivity index (χ1) is 7.59. The van der Waals surface area contributed by atoms with Gasteiger partial charge in [0.05, 0.1) is 5.56 Å². The van der Waals surface area contributed by atoms with Gasteiger partial charge in [-0.3, -0.25) is 0 Å². The Morgan fingerprint density at radius 2 is 2.12 bits per heavy atom. The Labute approximate surface area is 103 Å². The largest absolute Gasteiger partial charge is 0.478 e. The average Bonchev–Trinajstić information content (AvgIpc) is 2.64. The molecule has 0 aliphatic carbocycles. The lowest BCUT2D eigenvalue weighted by atomic mass is 10.1. The predicted molar refractivity (Wildman–Crippen MR) is 64.4 cm³/mol. The minimum Gasteiger partial charge on any atom is -0.478 e. The van der Waals surface area contributed by atoms with Crippen LogP contribution in [0.15, 0.2) is 34.1 Å². The predicted octanol–water partition coefficient (Wildman–Crippen LogP) is 4.01. The van der Waals surface area contributed by atoms with Crippen LogP contribution in [0.1, 0.15) is 10.4 Å². The minimum atomic E-state index is -1.13. The van der Waals surface area contributed by atoms with Gasteiger partial charge >= 0.3 is 5.97 Å². The molecule has 2 rings (SSSR count). The number of carboxylic acids is 1. The maximum Gasteiger partial charge on any atom is 0.336 e. The van der Waals surface area contributed by atoms with Crippen molar-refractivity contribution in [1.29, 1.82) is 0 Å². The summed E-state index contributed by atoms with van der Waals surface area (Å²) >= 11 is 4.74. The molecule has 1 N–H and O–H groups in total. The van der Waals surface area contributed by atoms with Gasteiger partial charge in [0.15, 0.2) is 0 Å². The highest BCUT2D eigenvalue weighted by Gasteiger charge is 2.15. The number of thiophene rings is 1. The van der Waals surface area contributed by atoms with Gasteiger partial charge in [-0.15, -0.1) is 11.3 Å². The number of carbonyl (C=O) groups is 1. The summed E-state index contributed by atoms with van der Waals surface area (Å²) in [6.45, 7) is 0. The molecule has 2 nitrogen and oxygen atoms in total. The van der Waals surface area contributed by atoms with E-state index in [0.717, 1.165) is 15.4 Å². The van der Waals surface area contributed by atoms with E-state index >= 15 is 0 Å². The smallest absolute Gasteiger partial charge is 0.336 e. The van der Waals surface area contributed by atoms with Gasteiger partial charge in [0.2, 0.25) is 0 Å². The molecule has 1 aromatic heterocycles. The van der Waals surface area contributed by atoms with Crippen molar-refractivity contribution in [3.63, 3.8) is 0 Å². The molecule has 1 heterocycles. The molecular formula is C11H6BrFO2S. The molecule has 0 aliphatic rings. The second kappa shape index (κ2) is 4.35. The SMILES string of the molecule is O=C(O)c1cc(F)ccc1-c1sccc1Br. The van der Waals surface area contributed by atoms with Gasteiger partial charge in [0.1, 0.15) is 5.82 Å². The van der Waals surface area contributed by atoms with Crippen LogP contribution in [0.3, 0.4) is 0 Å². The third-order valence-corrected chi connectivity index (χ3v) is 3.94. The quantitative estimate of drug-likeness (QED) is 0.910. The van der Waals surface area contributed by atoms with E-state index in [9.17, 15) is 9.18 Å². The molecule has 82 valence electrons. The fraction of sp³-hybridized carbons (Fsp3) is 0. The summed E-state index contributed by atoms with van der Waals surface area (Å²) < 4.78 is 13.8. The zero-order valence-corrected chi connectivity index (χ0v) is 10.3. The maximum absolute atomic E-state index is 13.0. The van der Waals surface area contributed by atoms with Gasteiger partial charge in [-0.2, -0.15) is 0 Å². The molecule has 16 heavy (non-hydrogen) atoms. The fourth-order valence-corrected chi connectivity index (χ4v) is 3.00. The van der Waals surface area contributed by atoms with Gasteiger partial charge in [-0.25, -0.2) is 9.18 Å². The Morgan fingerprint density at radius 3 is 2.69 bits per heavy atom. The van der Waals surface area contributed by atoms with Gasteiger partial charge in [0.25, 0.3) is 0 Å². The number of hydrogen-bond donors (Lipinski definition) is 1. The van der Waals surface area contributed by atoms with Crippen LogP contribution in [-0.4, -0.2) is 11.1 Å². The van der Waals surface area contributed by atoms with Crippen LogP contribution in [0.5, 0.6) is 0 Å². The Balaban J connectivity index is 2.65. The van der Waals surface area contributed by atoms with Crippen LogP contribution in [0.2, 0.25) is 0 Å². The van der Waals surface area contributed by atoms with E-state index in [0.29, 0.717) is 5.56 Å². The van der Waals surface area contributed by atoms with Crippen LogP contribution in [0.4, 0.5) is 4.39 Å². The van der Waals surface area contributed by atoms with Crippen molar-refractivity contribution in [1.82, 2.24) is 0 Å². The van der Waals surface area contributed by atoms with Gasteiger partial charge in [-0.1, -0.05) is 0 Å². The first kappa shape index (κ1) is 11.3. The highest BCUT2D eigenvalue weighted by Crippen LogP contribution is 2.35. The summed E-state index contributed by atoms with van der Waals surface area (Å²) in [6.07, 6.45) is 0. The van der Waals surface area contributed by atoms with Gasteiger partial charge < -0.3 is 5.11 Å². The molecule has 0 radical (unpaired) electrons. The summed E-state index contributed by atoms with van der Waals surface area (Å²) in [7, 11) is 0. The second-order valence-corrected chi connectivity index (χ2v) is 4.86. The molecule has 0 aliphatic heterocycles. The van der Waals surface area contributed by atoms with E-state index in [4.69, 9.17) is 5.11 Å². The van der Waals surface area contributed by atoms with Crippen molar-refractivity contribution in [2.24, 2.45) is 0 Å². The molecule has 1 aromatic carbocycles. The number of hydrogen-bond acceptors (Lipinski definition) is 2. The molecule has 0 amide bonds. The van der Waals surface area contributed by atoms with Crippen LogP contribution in [0.25, 0.3) is 10.4 Å². The molecule has 0 bridgehead atoms. The second-order valence-electron chi connectivity index (χ2n) is 3.09. The zero-order valence-electron chi connectivity index (χ0n) is 7.91. The Morgan fingerprint density at radius 1 is 1.38 bits per heavy atom. The van der Waals surface area contributed by atoms with Crippen molar-refractivity contribution in [2.45, 2.75) is 0 Å². The first-order valence-electron chi connectivity index (χ1n) is 4.36. The number of halogens is 2. The summed E-state index contributed by atoms with van der Waals surface area (Å²) in [4.78, 5) is 11.8. The van der Waals surface area contributed by atoms with Crippen molar-refractivity contribution in [3.05, 3.63) is 45.5 Å². The third kappa shape index (κ3) is 2.01. The Hall–Kier alpha value is -1.20. The first-order valence-corrected chi connectivity index (χ1v) is 6.03. The molecule has 0 saturated heterocycles. The lowest BCUT2D eigenvalue weighted by molar-refractivity contribution is 0.0697. The van der Waals surface area contributed by atoms with Crippen LogP contribution in [-0.2, 0) is 0 Å². The minimum absolute atomic E-state index is 0.0249. The zero-order chi connectivity index (χ0) is 11.7. The maximum atomic E-state index is 13.0. The highest BCUT2D eigenvalue weighted by atomic mass is 79.9. The van der Waals surface area contributed by atoms with E-state index in [-0.39, 0.29) is 5.56 Å². The molecule has 0 atom stereocenters. The Kier molecular flexibility index (Phi) is 3.07. The third-order valence-electron chi connectivity index (χ3n) is 2.07. The molecule has 2 aromatic rings. The van der Waals surface area contributed by atoms with E-state index in [2.05, 4.69) is 15.9 Å². The van der Waals surface area contributed by atoms with Crippen LogP contribution >= 0.6 is 27.3 Å². The highest BCUT2D eigenvalue weighted by molar-refractivity contribution is 9.10. The fourth-order valence-electron chi connectivity index (χ4n) is 1.38. The summed E-state index contributed by atoms with van der Waals surface area (Å²) in [5.74, 6) is -1.68. The van der Waals surface area contributed by atoms with Crippen molar-refractivity contribution in [2.75, 3.05) is 0 Å². The van der Waals surface area contributed by atoms with Crippen molar-refractivity contribution in [3.8, 4) is 10.4 Å². The molecule has 0 spiro atoms. The molecular weight excluding hydrogens is 295 g/mol. The number of carboxylic acid groups (broad SMARTS) is 1. The summed E-state index contributed by atoms with van der Waals surface area (Å²) in [5.41, 5.74) is 0.499. The number of rotatable bonds is 2. The number of aromatic carboxylic acids is 1. The number of benzene rings is 1. The molecule has 5 heteroatoms. The van der Waals surface area contributed by atoms with Gasteiger partial charge in [0, 0.05) is 14.9 Å². The van der Waals surface area contributed by atoms with Crippen LogP contribution in [0, 0.1) is 5.82 Å². The van der Waals surface area contributed by atoms with Crippen LogP contribution < -0.4 is 0 Å². The lowest BCUT2D eigenvalue weighted by Crippen LogP contribution is -1.99. The molecule has 0 unspecified atom stereocenters. The molecule has 0 saturated carbocycles. The van der Waals surface area contributed by atoms with Gasteiger partial charge in [-0.05, 0) is 45.6 Å². The topological polar surface area (TPSA) is 37.3 Å². The van der Waals surface area contributed by atoms with E-state index in [1.165, 1.54) is 23.5 Å². The average molecular weight is 301 g/mol.